The number of urea groups is 1. The van der Waals surface area contributed by atoms with E-state index in [1.165, 1.54) is 11.3 Å². The quantitative estimate of drug-likeness (QED) is 0.497. The van der Waals surface area contributed by atoms with Gasteiger partial charge in [0.1, 0.15) is 5.75 Å². The Kier molecular flexibility index (Phi) is 6.27. The summed E-state index contributed by atoms with van der Waals surface area (Å²) in [6.07, 6.45) is 2.69. The SMILES string of the molecule is COc1ccc(CN2CCN(c3nc(C)c(C(=O)CCc4ccccn4)s3)C2=O)cc1. The first kappa shape index (κ1) is 21.0. The van der Waals surface area contributed by atoms with Crippen molar-refractivity contribution >= 4 is 28.3 Å². The summed E-state index contributed by atoms with van der Waals surface area (Å²) < 4.78 is 5.18. The van der Waals surface area contributed by atoms with Gasteiger partial charge >= 0.3 is 6.03 Å². The number of hydrogen-bond donors (Lipinski definition) is 0. The Morgan fingerprint density at radius 2 is 1.97 bits per heavy atom. The van der Waals surface area contributed by atoms with Crippen molar-refractivity contribution in [2.45, 2.75) is 26.3 Å². The van der Waals surface area contributed by atoms with Gasteiger partial charge in [-0.1, -0.05) is 29.5 Å². The Balaban J connectivity index is 1.40. The molecule has 0 bridgehead atoms. The van der Waals surface area contributed by atoms with E-state index in [2.05, 4.69) is 9.97 Å². The lowest BCUT2D eigenvalue weighted by molar-refractivity contribution is 0.0985. The van der Waals surface area contributed by atoms with Crippen molar-refractivity contribution in [2.24, 2.45) is 0 Å². The molecule has 0 N–H and O–H groups in total. The van der Waals surface area contributed by atoms with E-state index in [-0.39, 0.29) is 11.8 Å². The Morgan fingerprint density at radius 1 is 1.16 bits per heavy atom. The fourth-order valence-corrected chi connectivity index (χ4v) is 4.57. The molecule has 1 aliphatic rings. The highest BCUT2D eigenvalue weighted by Crippen LogP contribution is 2.30. The van der Waals surface area contributed by atoms with Gasteiger partial charge in [0.25, 0.3) is 0 Å². The minimum Gasteiger partial charge on any atom is -0.497 e. The summed E-state index contributed by atoms with van der Waals surface area (Å²) in [6, 6.07) is 13.3. The van der Waals surface area contributed by atoms with Crippen LogP contribution in [0.5, 0.6) is 5.75 Å². The van der Waals surface area contributed by atoms with E-state index in [9.17, 15) is 9.59 Å². The number of carbonyl (C=O) groups excluding carboxylic acids is 2. The molecule has 1 fully saturated rings. The smallest absolute Gasteiger partial charge is 0.326 e. The third kappa shape index (κ3) is 4.74. The summed E-state index contributed by atoms with van der Waals surface area (Å²) in [7, 11) is 1.63. The number of aromatic nitrogens is 2. The van der Waals surface area contributed by atoms with E-state index < -0.39 is 0 Å². The van der Waals surface area contributed by atoms with E-state index >= 15 is 0 Å². The lowest BCUT2D eigenvalue weighted by atomic mass is 10.1. The largest absolute Gasteiger partial charge is 0.497 e. The molecule has 0 aliphatic carbocycles. The van der Waals surface area contributed by atoms with Crippen molar-refractivity contribution in [3.63, 3.8) is 0 Å². The van der Waals surface area contributed by atoms with Crippen LogP contribution in [0, 0.1) is 6.92 Å². The van der Waals surface area contributed by atoms with Crippen LogP contribution in [0.15, 0.2) is 48.7 Å². The van der Waals surface area contributed by atoms with Gasteiger partial charge in [-0.05, 0) is 43.2 Å². The molecule has 2 amide bonds. The van der Waals surface area contributed by atoms with Gasteiger partial charge < -0.3 is 9.64 Å². The molecular formula is C23H24N4O3S. The monoisotopic (exact) mass is 436 g/mol. The van der Waals surface area contributed by atoms with Crippen LogP contribution in [0.4, 0.5) is 9.93 Å². The highest BCUT2D eigenvalue weighted by atomic mass is 32.1. The number of nitrogens with zero attached hydrogens (tertiary/aromatic N) is 4. The van der Waals surface area contributed by atoms with E-state index in [4.69, 9.17) is 4.74 Å². The van der Waals surface area contributed by atoms with Crippen LogP contribution in [0.25, 0.3) is 0 Å². The number of pyridine rings is 1. The van der Waals surface area contributed by atoms with Gasteiger partial charge in [-0.2, -0.15) is 0 Å². The average molecular weight is 437 g/mol. The summed E-state index contributed by atoms with van der Waals surface area (Å²) in [5.41, 5.74) is 2.60. The second-order valence-electron chi connectivity index (χ2n) is 7.36. The van der Waals surface area contributed by atoms with Crippen molar-refractivity contribution in [1.82, 2.24) is 14.9 Å². The number of aryl methyl sites for hydroxylation is 2. The maximum Gasteiger partial charge on any atom is 0.326 e. The molecule has 2 aromatic heterocycles. The number of amides is 2. The first-order valence-corrected chi connectivity index (χ1v) is 11.0. The van der Waals surface area contributed by atoms with E-state index in [0.717, 1.165) is 17.0 Å². The highest BCUT2D eigenvalue weighted by molar-refractivity contribution is 7.17. The van der Waals surface area contributed by atoms with E-state index in [0.29, 0.717) is 48.2 Å². The lowest BCUT2D eigenvalue weighted by Gasteiger charge is -2.17. The van der Waals surface area contributed by atoms with Crippen LogP contribution < -0.4 is 9.64 Å². The van der Waals surface area contributed by atoms with E-state index in [1.807, 2.05) is 49.4 Å². The summed E-state index contributed by atoms with van der Waals surface area (Å²) in [4.78, 5) is 38.5. The molecule has 0 unspecified atom stereocenters. The zero-order valence-corrected chi connectivity index (χ0v) is 18.4. The van der Waals surface area contributed by atoms with Gasteiger partial charge in [-0.15, -0.1) is 0 Å². The van der Waals surface area contributed by atoms with Crippen molar-refractivity contribution < 1.29 is 14.3 Å². The average Bonchev–Trinajstić information content (AvgIpc) is 3.35. The standard InChI is InChI=1S/C23H24N4O3S/c1-16-21(20(28)11-8-18-5-3-4-12-24-18)31-22(25-16)27-14-13-26(23(27)29)15-17-6-9-19(30-2)10-7-17/h3-7,9-10,12H,8,11,13-15H2,1-2H3. The third-order valence-corrected chi connectivity index (χ3v) is 6.45. The second kappa shape index (κ2) is 9.26. The van der Waals surface area contributed by atoms with Crippen LogP contribution in [0.3, 0.4) is 0 Å². The summed E-state index contributed by atoms with van der Waals surface area (Å²) in [5.74, 6) is 0.824. The molecule has 1 aromatic carbocycles. The third-order valence-electron chi connectivity index (χ3n) is 5.23. The number of ketones is 1. The molecule has 3 heterocycles. The van der Waals surface area contributed by atoms with Gasteiger partial charge in [0.05, 0.1) is 17.7 Å². The molecule has 1 saturated heterocycles. The first-order chi connectivity index (χ1) is 15.0. The number of methoxy groups -OCH3 is 1. The lowest BCUT2D eigenvalue weighted by Crippen LogP contribution is -2.31. The Morgan fingerprint density at radius 3 is 2.68 bits per heavy atom. The van der Waals surface area contributed by atoms with Crippen LogP contribution in [0.1, 0.15) is 33.0 Å². The number of benzene rings is 1. The maximum atomic E-state index is 12.9. The predicted octanol–water partition coefficient (Wildman–Crippen LogP) is 4.11. The van der Waals surface area contributed by atoms with Gasteiger partial charge in [-0.3, -0.25) is 14.7 Å². The zero-order chi connectivity index (χ0) is 21.8. The van der Waals surface area contributed by atoms with Crippen LogP contribution in [-0.2, 0) is 13.0 Å². The van der Waals surface area contributed by atoms with Crippen molar-refractivity contribution in [1.29, 1.82) is 0 Å². The minimum absolute atomic E-state index is 0.0358. The zero-order valence-electron chi connectivity index (χ0n) is 17.6. The van der Waals surface area contributed by atoms with Crippen molar-refractivity contribution in [3.05, 3.63) is 70.5 Å². The molecule has 0 spiro atoms. The predicted molar refractivity (Wildman–Crippen MR) is 120 cm³/mol. The normalized spacial score (nSPS) is 13.7. The van der Waals surface area contributed by atoms with Crippen LogP contribution in [-0.4, -0.2) is 46.9 Å². The first-order valence-electron chi connectivity index (χ1n) is 10.1. The summed E-state index contributed by atoms with van der Waals surface area (Å²) >= 11 is 1.30. The van der Waals surface area contributed by atoms with Crippen molar-refractivity contribution in [3.8, 4) is 5.75 Å². The Labute approximate surface area is 185 Å². The summed E-state index contributed by atoms with van der Waals surface area (Å²) in [5, 5.41) is 0.584. The maximum absolute atomic E-state index is 12.9. The number of hydrogen-bond acceptors (Lipinski definition) is 6. The van der Waals surface area contributed by atoms with Gasteiger partial charge in [0.15, 0.2) is 10.9 Å². The molecule has 31 heavy (non-hydrogen) atoms. The highest BCUT2D eigenvalue weighted by Gasteiger charge is 2.32. The molecule has 7 nitrogen and oxygen atoms in total. The van der Waals surface area contributed by atoms with Crippen LogP contribution >= 0.6 is 11.3 Å². The molecule has 8 heteroatoms. The minimum atomic E-state index is -0.0861. The molecule has 160 valence electrons. The number of rotatable bonds is 8. The number of thiazole rings is 1. The fraction of sp³-hybridized carbons (Fsp3) is 0.304. The molecule has 1 aliphatic heterocycles. The molecule has 3 aromatic rings. The Hall–Kier alpha value is -3.26. The van der Waals surface area contributed by atoms with Crippen molar-refractivity contribution in [2.75, 3.05) is 25.1 Å². The molecule has 0 atom stereocenters. The second-order valence-corrected chi connectivity index (χ2v) is 8.34. The van der Waals surface area contributed by atoms with Crippen LogP contribution in [0.2, 0.25) is 0 Å². The van der Waals surface area contributed by atoms with Gasteiger partial charge in [0.2, 0.25) is 0 Å². The molecule has 4 rings (SSSR count). The van der Waals surface area contributed by atoms with Gasteiger partial charge in [-0.25, -0.2) is 9.78 Å². The molecule has 0 saturated carbocycles. The number of anilines is 1. The van der Waals surface area contributed by atoms with E-state index in [1.54, 1.807) is 23.1 Å². The summed E-state index contributed by atoms with van der Waals surface area (Å²) in [6.45, 7) is 3.53. The number of ether oxygens (including phenoxy) is 1. The number of Topliss-reactive ketones (excluding diaryl/α,β-unsaturated/α-hetero) is 1. The number of carbonyl (C=O) groups is 2. The Bertz CT molecular complexity index is 1070. The topological polar surface area (TPSA) is 75.6 Å². The molecular weight excluding hydrogens is 412 g/mol. The molecule has 0 radical (unpaired) electrons. The fourth-order valence-electron chi connectivity index (χ4n) is 3.52. The van der Waals surface area contributed by atoms with Gasteiger partial charge in [0, 0.05) is 37.9 Å².